The molecule has 218 valence electrons. The van der Waals surface area contributed by atoms with E-state index in [-0.39, 0.29) is 23.4 Å². The first-order valence-electron chi connectivity index (χ1n) is 13.7. The van der Waals surface area contributed by atoms with Crippen LogP contribution in [0.3, 0.4) is 0 Å². The molecule has 41 heavy (non-hydrogen) atoms. The summed E-state index contributed by atoms with van der Waals surface area (Å²) in [5.41, 5.74) is 2.60. The third-order valence-corrected chi connectivity index (χ3v) is 9.71. The van der Waals surface area contributed by atoms with Gasteiger partial charge in [0.2, 0.25) is 11.8 Å². The first kappa shape index (κ1) is 30.9. The molecule has 1 aliphatic rings. The Morgan fingerprint density at radius 2 is 1.54 bits per heavy atom. The van der Waals surface area contributed by atoms with Crippen molar-refractivity contribution in [2.24, 2.45) is 0 Å². The van der Waals surface area contributed by atoms with Gasteiger partial charge in [-0.2, -0.15) is 0 Å². The Bertz CT molecular complexity index is 1490. The molecule has 3 aromatic carbocycles. The number of nitrogens with one attached hydrogen (secondary N) is 1. The van der Waals surface area contributed by atoms with Gasteiger partial charge in [0.15, 0.2) is 0 Å². The van der Waals surface area contributed by atoms with Gasteiger partial charge in [0, 0.05) is 22.6 Å². The highest BCUT2D eigenvalue weighted by Gasteiger charge is 2.34. The van der Waals surface area contributed by atoms with Crippen molar-refractivity contribution in [1.29, 1.82) is 0 Å². The minimum atomic E-state index is -4.15. The van der Waals surface area contributed by atoms with Gasteiger partial charge >= 0.3 is 0 Å². The van der Waals surface area contributed by atoms with Gasteiger partial charge in [0.1, 0.15) is 12.6 Å². The fourth-order valence-electron chi connectivity index (χ4n) is 5.01. The van der Waals surface area contributed by atoms with Crippen LogP contribution < -0.4 is 9.62 Å². The maximum Gasteiger partial charge on any atom is 0.264 e. The molecule has 10 heteroatoms. The van der Waals surface area contributed by atoms with Crippen molar-refractivity contribution in [2.45, 2.75) is 70.0 Å². The number of rotatable bonds is 10. The molecular weight excluding hydrogens is 581 g/mol. The number of nitrogens with zero attached hydrogens (tertiary/aromatic N) is 2. The summed E-state index contributed by atoms with van der Waals surface area (Å²) in [6.07, 6.45) is 3.92. The van der Waals surface area contributed by atoms with Gasteiger partial charge in [-0.15, -0.1) is 0 Å². The molecule has 3 aromatic rings. The van der Waals surface area contributed by atoms with Gasteiger partial charge < -0.3 is 10.2 Å². The van der Waals surface area contributed by atoms with Gasteiger partial charge in [0.05, 0.1) is 10.6 Å². The molecule has 1 saturated carbocycles. The van der Waals surface area contributed by atoms with E-state index in [2.05, 4.69) is 5.32 Å². The van der Waals surface area contributed by atoms with E-state index in [1.54, 1.807) is 68.4 Å². The van der Waals surface area contributed by atoms with E-state index >= 15 is 0 Å². The second kappa shape index (κ2) is 13.3. The molecule has 0 spiro atoms. The van der Waals surface area contributed by atoms with Crippen molar-refractivity contribution in [3.63, 3.8) is 0 Å². The smallest absolute Gasteiger partial charge is 0.264 e. The lowest BCUT2D eigenvalue weighted by Gasteiger charge is -2.33. The van der Waals surface area contributed by atoms with E-state index < -0.39 is 28.5 Å². The van der Waals surface area contributed by atoms with Crippen LogP contribution in [-0.2, 0) is 26.2 Å². The van der Waals surface area contributed by atoms with E-state index in [0.29, 0.717) is 21.3 Å². The van der Waals surface area contributed by atoms with Crippen molar-refractivity contribution < 1.29 is 18.0 Å². The molecule has 0 unspecified atom stereocenters. The summed E-state index contributed by atoms with van der Waals surface area (Å²) < 4.78 is 29.1. The lowest BCUT2D eigenvalue weighted by Crippen LogP contribution is -2.52. The second-order valence-electron chi connectivity index (χ2n) is 10.6. The molecule has 4 rings (SSSR count). The highest BCUT2D eigenvalue weighted by molar-refractivity contribution is 7.92. The summed E-state index contributed by atoms with van der Waals surface area (Å²) >= 11 is 12.2. The standard InChI is InChI=1S/C31H35Cl2N3O4S/c1-21-8-15-28(16-9-21)41(39,40)36(29-17-14-26(33)18-22(29)2)20-30(37)35(19-24-10-12-25(32)13-11-24)23(3)31(38)34-27-6-4-5-7-27/h8-18,23,27H,4-7,19-20H2,1-3H3,(H,34,38)/t23-/m1/s1. The molecule has 1 fully saturated rings. The Hall–Kier alpha value is -3.07. The van der Waals surface area contributed by atoms with Gasteiger partial charge in [0.25, 0.3) is 10.0 Å². The minimum absolute atomic E-state index is 0.0570. The zero-order valence-corrected chi connectivity index (χ0v) is 25.8. The quantitative estimate of drug-likeness (QED) is 0.291. The number of sulfonamides is 1. The number of carbonyl (C=O) groups is 2. The zero-order chi connectivity index (χ0) is 29.7. The minimum Gasteiger partial charge on any atom is -0.352 e. The number of amides is 2. The maximum absolute atomic E-state index is 14.1. The second-order valence-corrected chi connectivity index (χ2v) is 13.3. The van der Waals surface area contributed by atoms with E-state index in [9.17, 15) is 18.0 Å². The Labute approximate surface area is 252 Å². The largest absolute Gasteiger partial charge is 0.352 e. The number of halogens is 2. The molecule has 1 N–H and O–H groups in total. The van der Waals surface area contributed by atoms with Gasteiger partial charge in [-0.25, -0.2) is 8.42 Å². The molecule has 0 heterocycles. The van der Waals surface area contributed by atoms with Crippen LogP contribution in [0.25, 0.3) is 0 Å². The molecule has 2 amide bonds. The number of benzene rings is 3. The summed E-state index contributed by atoms with van der Waals surface area (Å²) in [6, 6.07) is 17.6. The van der Waals surface area contributed by atoms with Crippen LogP contribution in [0, 0.1) is 13.8 Å². The fraction of sp³-hybridized carbons (Fsp3) is 0.355. The maximum atomic E-state index is 14.1. The average molecular weight is 617 g/mol. The first-order valence-corrected chi connectivity index (χ1v) is 15.8. The topological polar surface area (TPSA) is 86.8 Å². The SMILES string of the molecule is Cc1ccc(S(=O)(=O)N(CC(=O)N(Cc2ccc(Cl)cc2)[C@H](C)C(=O)NC2CCCC2)c2ccc(Cl)cc2C)cc1. The number of hydrogen-bond acceptors (Lipinski definition) is 4. The van der Waals surface area contributed by atoms with Crippen molar-refractivity contribution in [3.8, 4) is 0 Å². The van der Waals surface area contributed by atoms with Crippen molar-refractivity contribution in [3.05, 3.63) is 93.5 Å². The van der Waals surface area contributed by atoms with E-state index in [1.165, 1.54) is 17.0 Å². The highest BCUT2D eigenvalue weighted by Crippen LogP contribution is 2.30. The van der Waals surface area contributed by atoms with Crippen molar-refractivity contribution in [1.82, 2.24) is 10.2 Å². The molecule has 0 bridgehead atoms. The van der Waals surface area contributed by atoms with Crippen LogP contribution in [0.5, 0.6) is 0 Å². The fourth-order valence-corrected chi connectivity index (χ4v) is 6.84. The van der Waals surface area contributed by atoms with Crippen LogP contribution in [0.4, 0.5) is 5.69 Å². The number of carbonyl (C=O) groups excluding carboxylic acids is 2. The van der Waals surface area contributed by atoms with Crippen LogP contribution in [0.2, 0.25) is 10.0 Å². The summed E-state index contributed by atoms with van der Waals surface area (Å²) in [5, 5.41) is 4.07. The Balaban J connectivity index is 1.70. The van der Waals surface area contributed by atoms with Crippen molar-refractivity contribution in [2.75, 3.05) is 10.8 Å². The first-order chi connectivity index (χ1) is 19.5. The molecule has 0 aliphatic heterocycles. The molecule has 1 atom stereocenters. The molecule has 1 aliphatic carbocycles. The van der Waals surface area contributed by atoms with E-state index in [1.807, 2.05) is 6.92 Å². The summed E-state index contributed by atoms with van der Waals surface area (Å²) in [7, 11) is -4.15. The van der Waals surface area contributed by atoms with Crippen LogP contribution >= 0.6 is 23.2 Å². The Morgan fingerprint density at radius 3 is 2.15 bits per heavy atom. The monoisotopic (exact) mass is 615 g/mol. The summed E-state index contributed by atoms with van der Waals surface area (Å²) in [5.74, 6) is -0.783. The van der Waals surface area contributed by atoms with Gasteiger partial charge in [-0.3, -0.25) is 13.9 Å². The summed E-state index contributed by atoms with van der Waals surface area (Å²) in [4.78, 5) is 28.9. The highest BCUT2D eigenvalue weighted by atomic mass is 35.5. The number of aryl methyl sites for hydroxylation is 2. The Kier molecular flexibility index (Phi) is 10.00. The van der Waals surface area contributed by atoms with Crippen LogP contribution in [-0.4, -0.2) is 43.8 Å². The van der Waals surface area contributed by atoms with Crippen LogP contribution in [0.1, 0.15) is 49.3 Å². The number of anilines is 1. The van der Waals surface area contributed by atoms with Crippen molar-refractivity contribution >= 4 is 50.7 Å². The zero-order valence-electron chi connectivity index (χ0n) is 23.4. The molecule has 0 saturated heterocycles. The number of hydrogen-bond donors (Lipinski definition) is 1. The predicted molar refractivity (Wildman–Crippen MR) is 164 cm³/mol. The van der Waals surface area contributed by atoms with Crippen LogP contribution in [0.15, 0.2) is 71.6 Å². The van der Waals surface area contributed by atoms with E-state index in [4.69, 9.17) is 23.2 Å². The predicted octanol–water partition coefficient (Wildman–Crippen LogP) is 6.28. The molecule has 0 radical (unpaired) electrons. The molecule has 0 aromatic heterocycles. The lowest BCUT2D eigenvalue weighted by molar-refractivity contribution is -0.139. The summed E-state index contributed by atoms with van der Waals surface area (Å²) in [6.45, 7) is 4.88. The average Bonchev–Trinajstić information content (AvgIpc) is 3.44. The van der Waals surface area contributed by atoms with Gasteiger partial charge in [-0.1, -0.05) is 65.9 Å². The molecular formula is C31H35Cl2N3O4S. The van der Waals surface area contributed by atoms with Gasteiger partial charge in [-0.05, 0) is 87.2 Å². The third kappa shape index (κ3) is 7.61. The lowest BCUT2D eigenvalue weighted by atomic mass is 10.1. The normalized spacial score (nSPS) is 14.5. The molecule has 7 nitrogen and oxygen atoms in total. The van der Waals surface area contributed by atoms with E-state index in [0.717, 1.165) is 41.1 Å². The third-order valence-electron chi connectivity index (χ3n) is 7.45. The Morgan fingerprint density at radius 1 is 0.927 bits per heavy atom.